The molecule has 2 aromatic rings. The molecule has 0 saturated carbocycles. The maximum Gasteiger partial charge on any atom is 0.122 e. The van der Waals surface area contributed by atoms with Crippen molar-refractivity contribution in [1.29, 1.82) is 0 Å². The molecule has 0 bridgehead atoms. The van der Waals surface area contributed by atoms with Crippen LogP contribution >= 0.6 is 11.6 Å². The van der Waals surface area contributed by atoms with Crippen LogP contribution in [0.15, 0.2) is 48.5 Å². The van der Waals surface area contributed by atoms with E-state index in [2.05, 4.69) is 4.90 Å². The van der Waals surface area contributed by atoms with Gasteiger partial charge in [-0.05, 0) is 49.2 Å². The summed E-state index contributed by atoms with van der Waals surface area (Å²) in [5.41, 5.74) is 1.09. The largest absolute Gasteiger partial charge is 0.492 e. The topological polar surface area (TPSA) is 21.7 Å². The van der Waals surface area contributed by atoms with Gasteiger partial charge in [-0.3, -0.25) is 4.90 Å². The number of hydrogen-bond acceptors (Lipinski definition) is 3. The monoisotopic (exact) mass is 331 g/mol. The molecule has 1 fully saturated rings. The highest BCUT2D eigenvalue weighted by molar-refractivity contribution is 6.30. The van der Waals surface area contributed by atoms with Gasteiger partial charge < -0.3 is 9.47 Å². The maximum absolute atomic E-state index is 6.11. The predicted molar refractivity (Wildman–Crippen MR) is 93.6 cm³/mol. The van der Waals surface area contributed by atoms with Crippen LogP contribution in [0.1, 0.15) is 12.0 Å². The lowest BCUT2D eigenvalue weighted by Crippen LogP contribution is -2.28. The number of hydrogen-bond donors (Lipinski definition) is 0. The van der Waals surface area contributed by atoms with Gasteiger partial charge in [-0.1, -0.05) is 29.8 Å². The lowest BCUT2D eigenvalue weighted by molar-refractivity contribution is 0.185. The number of para-hydroxylation sites is 1. The molecule has 122 valence electrons. The molecule has 1 aliphatic rings. The molecule has 3 rings (SSSR count). The molecule has 1 heterocycles. The molecule has 0 radical (unpaired) electrons. The number of ether oxygens (including phenoxy) is 2. The normalized spacial score (nSPS) is 18.1. The first kappa shape index (κ1) is 16.2. The van der Waals surface area contributed by atoms with E-state index in [-0.39, 0.29) is 6.10 Å². The molecule has 1 unspecified atom stereocenters. The first-order chi connectivity index (χ1) is 11.2. The molecule has 1 atom stereocenters. The third kappa shape index (κ3) is 4.63. The molecule has 3 nitrogen and oxygen atoms in total. The third-order valence-corrected chi connectivity index (χ3v) is 4.31. The third-order valence-electron chi connectivity index (χ3n) is 4.08. The zero-order chi connectivity index (χ0) is 16.1. The van der Waals surface area contributed by atoms with Crippen LogP contribution in [0.3, 0.4) is 0 Å². The Hall–Kier alpha value is -1.71. The van der Waals surface area contributed by atoms with Crippen LogP contribution in [0.5, 0.6) is 11.5 Å². The van der Waals surface area contributed by atoms with Crippen molar-refractivity contribution in [2.24, 2.45) is 0 Å². The SMILES string of the molecule is Cc1cc(Cl)ccc1OC1CCN(CCOc2ccccc2)C1. The van der Waals surface area contributed by atoms with E-state index >= 15 is 0 Å². The zero-order valence-electron chi connectivity index (χ0n) is 13.4. The first-order valence-corrected chi connectivity index (χ1v) is 8.41. The summed E-state index contributed by atoms with van der Waals surface area (Å²) in [6.07, 6.45) is 1.29. The van der Waals surface area contributed by atoms with Gasteiger partial charge in [0.1, 0.15) is 24.2 Å². The standard InChI is InChI=1S/C19H22ClNO2/c1-15-13-16(20)7-8-19(15)23-18-9-10-21(14-18)11-12-22-17-5-3-2-4-6-17/h2-8,13,18H,9-12,14H2,1H3. The molecular formula is C19H22ClNO2. The van der Waals surface area contributed by atoms with Crippen molar-refractivity contribution in [2.75, 3.05) is 26.2 Å². The quantitative estimate of drug-likeness (QED) is 0.792. The van der Waals surface area contributed by atoms with Gasteiger partial charge in [0.25, 0.3) is 0 Å². The van der Waals surface area contributed by atoms with Gasteiger partial charge in [0.15, 0.2) is 0 Å². The van der Waals surface area contributed by atoms with E-state index < -0.39 is 0 Å². The summed E-state index contributed by atoms with van der Waals surface area (Å²) >= 11 is 5.99. The van der Waals surface area contributed by atoms with E-state index in [0.29, 0.717) is 6.61 Å². The van der Waals surface area contributed by atoms with Crippen LogP contribution in [-0.2, 0) is 0 Å². The minimum atomic E-state index is 0.242. The average Bonchev–Trinajstić information content (AvgIpc) is 2.99. The Kier molecular flexibility index (Phi) is 5.42. The Morgan fingerprint density at radius 2 is 2.00 bits per heavy atom. The van der Waals surface area contributed by atoms with Crippen LogP contribution in [0.2, 0.25) is 5.02 Å². The van der Waals surface area contributed by atoms with Crippen LogP contribution in [-0.4, -0.2) is 37.2 Å². The van der Waals surface area contributed by atoms with Gasteiger partial charge in [0.2, 0.25) is 0 Å². The highest BCUT2D eigenvalue weighted by Crippen LogP contribution is 2.25. The van der Waals surface area contributed by atoms with Gasteiger partial charge in [-0.15, -0.1) is 0 Å². The number of aryl methyl sites for hydroxylation is 1. The van der Waals surface area contributed by atoms with Crippen LogP contribution in [0, 0.1) is 6.92 Å². The minimum absolute atomic E-state index is 0.242. The molecule has 2 aromatic carbocycles. The molecule has 0 amide bonds. The molecule has 0 N–H and O–H groups in total. The van der Waals surface area contributed by atoms with E-state index in [1.54, 1.807) is 0 Å². The van der Waals surface area contributed by atoms with Gasteiger partial charge in [-0.25, -0.2) is 0 Å². The Labute approximate surface area is 142 Å². The number of likely N-dealkylation sites (tertiary alicyclic amines) is 1. The second-order valence-electron chi connectivity index (χ2n) is 5.90. The highest BCUT2D eigenvalue weighted by atomic mass is 35.5. The highest BCUT2D eigenvalue weighted by Gasteiger charge is 2.24. The van der Waals surface area contributed by atoms with E-state index in [4.69, 9.17) is 21.1 Å². The molecule has 1 saturated heterocycles. The molecule has 1 aliphatic heterocycles. The minimum Gasteiger partial charge on any atom is -0.492 e. The molecule has 0 aliphatic carbocycles. The van der Waals surface area contributed by atoms with Crippen LogP contribution in [0.25, 0.3) is 0 Å². The maximum atomic E-state index is 6.11. The Balaban J connectivity index is 1.43. The molecule has 4 heteroatoms. The smallest absolute Gasteiger partial charge is 0.122 e. The lowest BCUT2D eigenvalue weighted by Gasteiger charge is -2.18. The van der Waals surface area contributed by atoms with Crippen molar-refractivity contribution in [2.45, 2.75) is 19.4 Å². The number of nitrogens with zero attached hydrogens (tertiary/aromatic N) is 1. The van der Waals surface area contributed by atoms with Crippen molar-refractivity contribution >= 4 is 11.6 Å². The summed E-state index contributed by atoms with van der Waals surface area (Å²) in [4.78, 5) is 2.39. The summed E-state index contributed by atoms with van der Waals surface area (Å²) in [5.74, 6) is 1.86. The molecule has 0 spiro atoms. The summed E-state index contributed by atoms with van der Waals surface area (Å²) < 4.78 is 11.9. The fourth-order valence-corrected chi connectivity index (χ4v) is 3.06. The zero-order valence-corrected chi connectivity index (χ0v) is 14.1. The second kappa shape index (κ2) is 7.71. The predicted octanol–water partition coefficient (Wildman–Crippen LogP) is 4.18. The summed E-state index contributed by atoms with van der Waals surface area (Å²) in [6, 6.07) is 15.7. The molecule has 0 aromatic heterocycles. The summed E-state index contributed by atoms with van der Waals surface area (Å²) in [5, 5.41) is 0.751. The number of benzene rings is 2. The van der Waals surface area contributed by atoms with E-state index in [0.717, 1.165) is 48.1 Å². The van der Waals surface area contributed by atoms with Crippen LogP contribution < -0.4 is 9.47 Å². The number of rotatable bonds is 6. The first-order valence-electron chi connectivity index (χ1n) is 8.04. The van der Waals surface area contributed by atoms with Crippen molar-refractivity contribution in [3.05, 3.63) is 59.1 Å². The Bertz CT molecular complexity index is 633. The average molecular weight is 332 g/mol. The lowest BCUT2D eigenvalue weighted by atomic mass is 10.2. The van der Waals surface area contributed by atoms with Crippen LogP contribution in [0.4, 0.5) is 0 Å². The van der Waals surface area contributed by atoms with Gasteiger partial charge in [0, 0.05) is 24.7 Å². The summed E-state index contributed by atoms with van der Waals surface area (Å²) in [7, 11) is 0. The Morgan fingerprint density at radius 1 is 1.17 bits per heavy atom. The van der Waals surface area contributed by atoms with Crippen molar-refractivity contribution in [3.63, 3.8) is 0 Å². The van der Waals surface area contributed by atoms with Gasteiger partial charge in [0.05, 0.1) is 0 Å². The van der Waals surface area contributed by atoms with E-state index in [9.17, 15) is 0 Å². The fourth-order valence-electron chi connectivity index (χ4n) is 2.83. The number of halogens is 1. The second-order valence-corrected chi connectivity index (χ2v) is 6.34. The van der Waals surface area contributed by atoms with Crippen molar-refractivity contribution in [3.8, 4) is 11.5 Å². The van der Waals surface area contributed by atoms with Crippen molar-refractivity contribution in [1.82, 2.24) is 4.90 Å². The summed E-state index contributed by atoms with van der Waals surface area (Å²) in [6.45, 7) is 5.66. The van der Waals surface area contributed by atoms with E-state index in [1.807, 2.05) is 55.5 Å². The molecular weight excluding hydrogens is 310 g/mol. The van der Waals surface area contributed by atoms with Gasteiger partial charge in [-0.2, -0.15) is 0 Å². The fraction of sp³-hybridized carbons (Fsp3) is 0.368. The Morgan fingerprint density at radius 3 is 2.78 bits per heavy atom. The van der Waals surface area contributed by atoms with Gasteiger partial charge >= 0.3 is 0 Å². The van der Waals surface area contributed by atoms with E-state index in [1.165, 1.54) is 0 Å². The molecule has 23 heavy (non-hydrogen) atoms. The van der Waals surface area contributed by atoms with Crippen molar-refractivity contribution < 1.29 is 9.47 Å².